The van der Waals surface area contributed by atoms with Crippen LogP contribution in [0.5, 0.6) is 17.2 Å². The van der Waals surface area contributed by atoms with E-state index >= 15 is 0 Å². The van der Waals surface area contributed by atoms with E-state index in [2.05, 4.69) is 4.98 Å². The van der Waals surface area contributed by atoms with Crippen molar-refractivity contribution in [2.45, 2.75) is 26.3 Å². The molecule has 9 nitrogen and oxygen atoms in total. The van der Waals surface area contributed by atoms with Crippen molar-refractivity contribution in [1.29, 1.82) is 0 Å². The Labute approximate surface area is 246 Å². The van der Waals surface area contributed by atoms with Gasteiger partial charge in [0.1, 0.15) is 27.9 Å². The number of hydrogen-bond donors (Lipinski definition) is 1. The molecule has 1 aliphatic rings. The second-order valence-corrected chi connectivity index (χ2v) is 10.4. The van der Waals surface area contributed by atoms with Gasteiger partial charge in [-0.3, -0.25) is 14.5 Å². The molecule has 1 unspecified atom stereocenters. The third-order valence-corrected chi connectivity index (χ3v) is 7.68. The minimum Gasteiger partial charge on any atom is -0.507 e. The van der Waals surface area contributed by atoms with Crippen molar-refractivity contribution in [2.24, 2.45) is 0 Å². The van der Waals surface area contributed by atoms with E-state index in [0.29, 0.717) is 40.7 Å². The highest BCUT2D eigenvalue weighted by Gasteiger charge is 2.48. The van der Waals surface area contributed by atoms with Crippen LogP contribution in [-0.2, 0) is 14.3 Å². The molecule has 1 atom stereocenters. The first-order chi connectivity index (χ1) is 20.3. The Morgan fingerprint density at radius 2 is 1.69 bits per heavy atom. The van der Waals surface area contributed by atoms with Crippen molar-refractivity contribution in [2.75, 3.05) is 18.6 Å². The Kier molecular flexibility index (Phi) is 8.35. The Hall–Kier alpha value is -4.96. The predicted molar refractivity (Wildman–Crippen MR) is 158 cm³/mol. The summed E-state index contributed by atoms with van der Waals surface area (Å²) in [5.74, 6) is -1.16. The summed E-state index contributed by atoms with van der Waals surface area (Å²) in [7, 11) is 1.25. The highest BCUT2D eigenvalue weighted by atomic mass is 32.1. The number of nitrogens with zero attached hydrogens (tertiary/aromatic N) is 2. The highest BCUT2D eigenvalue weighted by Crippen LogP contribution is 2.45. The quantitative estimate of drug-likeness (QED) is 0.103. The van der Waals surface area contributed by atoms with Crippen LogP contribution in [0.3, 0.4) is 0 Å². The van der Waals surface area contributed by atoms with Gasteiger partial charge in [0.2, 0.25) is 0 Å². The van der Waals surface area contributed by atoms with E-state index in [0.717, 1.165) is 17.8 Å². The third kappa shape index (κ3) is 5.61. The van der Waals surface area contributed by atoms with Gasteiger partial charge < -0.3 is 19.3 Å². The van der Waals surface area contributed by atoms with Crippen LogP contribution >= 0.6 is 11.3 Å². The SMILES string of the molecule is CCCOc1cccc(/C(O)=C2\C(=O)C(=O)N(c3nc(C)c(C(=O)OC)s3)C2c2cccc(Oc3ccccc3)c2)c1. The number of amides is 1. The molecule has 0 radical (unpaired) electrons. The van der Waals surface area contributed by atoms with Crippen molar-refractivity contribution in [3.05, 3.63) is 106 Å². The lowest BCUT2D eigenvalue weighted by Crippen LogP contribution is -2.29. The Morgan fingerprint density at radius 1 is 0.976 bits per heavy atom. The summed E-state index contributed by atoms with van der Waals surface area (Å²) in [4.78, 5) is 45.4. The molecule has 0 spiro atoms. The monoisotopic (exact) mass is 584 g/mol. The molecule has 1 fully saturated rings. The number of para-hydroxylation sites is 1. The fraction of sp³-hybridized carbons (Fsp3) is 0.188. The summed E-state index contributed by atoms with van der Waals surface area (Å²) < 4.78 is 16.6. The lowest BCUT2D eigenvalue weighted by molar-refractivity contribution is -0.132. The molecule has 1 aliphatic heterocycles. The van der Waals surface area contributed by atoms with Crippen LogP contribution in [0.4, 0.5) is 5.13 Å². The molecular weight excluding hydrogens is 556 g/mol. The normalized spacial score (nSPS) is 16.0. The highest BCUT2D eigenvalue weighted by molar-refractivity contribution is 7.17. The molecule has 1 aromatic heterocycles. The topological polar surface area (TPSA) is 115 Å². The van der Waals surface area contributed by atoms with Gasteiger partial charge in [0.15, 0.2) is 5.13 Å². The number of aromatic nitrogens is 1. The minimum absolute atomic E-state index is 0.119. The lowest BCUT2D eigenvalue weighted by Gasteiger charge is -2.23. The van der Waals surface area contributed by atoms with E-state index in [1.807, 2.05) is 25.1 Å². The van der Waals surface area contributed by atoms with E-state index in [1.54, 1.807) is 67.6 Å². The standard InChI is InChI=1S/C32H28N2O7S/c1-4-16-40-23-14-9-11-21(18-23)27(35)25-26(20-10-8-15-24(17-20)41-22-12-6-5-7-13-22)34(30(37)28(25)36)32-33-19(2)29(42-32)31(38)39-3/h5-15,17-18,26,35H,4,16H2,1-3H3/b27-25+. The fourth-order valence-electron chi connectivity index (χ4n) is 4.59. The summed E-state index contributed by atoms with van der Waals surface area (Å²) in [5.41, 5.74) is 1.03. The Balaban J connectivity index is 1.66. The van der Waals surface area contributed by atoms with Gasteiger partial charge in [-0.2, -0.15) is 0 Å². The zero-order valence-corrected chi connectivity index (χ0v) is 24.0. The number of aliphatic hydroxyl groups is 1. The van der Waals surface area contributed by atoms with Gasteiger partial charge in [-0.15, -0.1) is 0 Å². The van der Waals surface area contributed by atoms with Crippen LogP contribution in [0.15, 0.2) is 84.4 Å². The average Bonchev–Trinajstić information content (AvgIpc) is 3.52. The smallest absolute Gasteiger partial charge is 0.350 e. The lowest BCUT2D eigenvalue weighted by atomic mass is 9.95. The maximum absolute atomic E-state index is 13.6. The van der Waals surface area contributed by atoms with Crippen LogP contribution in [0.1, 0.15) is 45.9 Å². The molecule has 5 rings (SSSR count). The number of benzene rings is 3. The first kappa shape index (κ1) is 28.6. The van der Waals surface area contributed by atoms with Gasteiger partial charge in [-0.1, -0.05) is 60.7 Å². The first-order valence-electron chi connectivity index (χ1n) is 13.2. The summed E-state index contributed by atoms with van der Waals surface area (Å²) in [6, 6.07) is 21.7. The van der Waals surface area contributed by atoms with Gasteiger partial charge in [-0.25, -0.2) is 9.78 Å². The Morgan fingerprint density at radius 3 is 2.43 bits per heavy atom. The van der Waals surface area contributed by atoms with Crippen molar-refractivity contribution >= 4 is 39.9 Å². The molecule has 3 aromatic carbocycles. The van der Waals surface area contributed by atoms with Gasteiger partial charge in [0.25, 0.3) is 5.78 Å². The average molecular weight is 585 g/mol. The van der Waals surface area contributed by atoms with Crippen molar-refractivity contribution in [3.8, 4) is 17.2 Å². The number of ether oxygens (including phenoxy) is 3. The molecule has 4 aromatic rings. The number of anilines is 1. The fourth-order valence-corrected chi connectivity index (χ4v) is 5.61. The van der Waals surface area contributed by atoms with E-state index < -0.39 is 23.7 Å². The van der Waals surface area contributed by atoms with Gasteiger partial charge in [-0.05, 0) is 55.3 Å². The largest absolute Gasteiger partial charge is 0.507 e. The number of rotatable bonds is 9. The van der Waals surface area contributed by atoms with Crippen LogP contribution in [0, 0.1) is 6.92 Å². The van der Waals surface area contributed by atoms with Crippen LogP contribution in [0.25, 0.3) is 5.76 Å². The van der Waals surface area contributed by atoms with Crippen molar-refractivity contribution in [3.63, 3.8) is 0 Å². The molecule has 0 bridgehead atoms. The molecule has 1 saturated heterocycles. The predicted octanol–water partition coefficient (Wildman–Crippen LogP) is 6.45. The van der Waals surface area contributed by atoms with E-state index in [1.165, 1.54) is 12.0 Å². The minimum atomic E-state index is -1.07. The molecule has 0 saturated carbocycles. The molecule has 214 valence electrons. The number of hydrogen-bond acceptors (Lipinski definition) is 9. The molecule has 0 aliphatic carbocycles. The van der Waals surface area contributed by atoms with E-state index in [9.17, 15) is 19.5 Å². The van der Waals surface area contributed by atoms with Crippen LogP contribution in [-0.4, -0.2) is 41.5 Å². The first-order valence-corrected chi connectivity index (χ1v) is 14.1. The molecule has 42 heavy (non-hydrogen) atoms. The number of ketones is 1. The van der Waals surface area contributed by atoms with Gasteiger partial charge >= 0.3 is 11.9 Å². The second kappa shape index (κ2) is 12.3. The van der Waals surface area contributed by atoms with Gasteiger partial charge in [0, 0.05) is 5.56 Å². The zero-order chi connectivity index (χ0) is 29.8. The van der Waals surface area contributed by atoms with E-state index in [-0.39, 0.29) is 21.3 Å². The molecular formula is C32H28N2O7S. The molecule has 1 amide bonds. The maximum atomic E-state index is 13.6. The van der Waals surface area contributed by atoms with Gasteiger partial charge in [0.05, 0.1) is 31.0 Å². The number of carbonyl (C=O) groups is 3. The molecule has 1 N–H and O–H groups in total. The van der Waals surface area contributed by atoms with Crippen LogP contribution in [0.2, 0.25) is 0 Å². The summed E-state index contributed by atoms with van der Waals surface area (Å²) in [6.07, 6.45) is 0.795. The summed E-state index contributed by atoms with van der Waals surface area (Å²) >= 11 is 0.933. The zero-order valence-electron chi connectivity index (χ0n) is 23.2. The summed E-state index contributed by atoms with van der Waals surface area (Å²) in [5, 5.41) is 11.7. The van der Waals surface area contributed by atoms with Crippen LogP contribution < -0.4 is 14.4 Å². The number of Topliss-reactive ketones (excluding diaryl/α,β-unsaturated/α-hetero) is 1. The van der Waals surface area contributed by atoms with Crippen molar-refractivity contribution in [1.82, 2.24) is 4.98 Å². The molecule has 2 heterocycles. The second-order valence-electron chi connectivity index (χ2n) is 9.44. The summed E-state index contributed by atoms with van der Waals surface area (Å²) in [6.45, 7) is 4.08. The number of esters is 1. The number of aryl methyl sites for hydroxylation is 1. The molecule has 10 heteroatoms. The number of methoxy groups -OCH3 is 1. The Bertz CT molecular complexity index is 1680. The number of aliphatic hydroxyl groups excluding tert-OH is 1. The number of thiazole rings is 1. The van der Waals surface area contributed by atoms with Crippen molar-refractivity contribution < 1.29 is 33.7 Å². The third-order valence-electron chi connectivity index (χ3n) is 6.54. The van der Waals surface area contributed by atoms with E-state index in [4.69, 9.17) is 14.2 Å². The maximum Gasteiger partial charge on any atom is 0.350 e. The number of carbonyl (C=O) groups excluding carboxylic acids is 3.